The van der Waals surface area contributed by atoms with Crippen LogP contribution < -0.4 is 4.72 Å². The van der Waals surface area contributed by atoms with Crippen LogP contribution in [0.1, 0.15) is 44.6 Å². The topological polar surface area (TPSA) is 99.3 Å². The predicted molar refractivity (Wildman–Crippen MR) is 115 cm³/mol. The molecular formula is C22H26N4O4S. The standard InChI is InChI=1S/C22H26N4O4S/c27-31(28,23-15-18-7-4-14-29-18)19-11-9-16(10-12-19)21-24-22(30-25-21)20-8-3-13-26(20)17-5-1-2-6-17/h3,8-13,17-18,23H,1-2,4-7,14-15H2. The second-order valence-electron chi connectivity index (χ2n) is 8.17. The van der Waals surface area contributed by atoms with Crippen LogP contribution >= 0.6 is 0 Å². The van der Waals surface area contributed by atoms with Crippen LogP contribution in [0.15, 0.2) is 52.0 Å². The summed E-state index contributed by atoms with van der Waals surface area (Å²) in [7, 11) is -3.59. The van der Waals surface area contributed by atoms with E-state index in [1.54, 1.807) is 24.3 Å². The third kappa shape index (κ3) is 4.30. The molecule has 1 aliphatic carbocycles. The van der Waals surface area contributed by atoms with E-state index in [1.165, 1.54) is 25.7 Å². The molecule has 5 rings (SSSR count). The third-order valence-corrected chi connectivity index (χ3v) is 7.53. The van der Waals surface area contributed by atoms with Crippen LogP contribution in [-0.2, 0) is 14.8 Å². The van der Waals surface area contributed by atoms with E-state index in [0.29, 0.717) is 36.5 Å². The minimum Gasteiger partial charge on any atom is -0.377 e. The fourth-order valence-corrected chi connectivity index (χ4v) is 5.46. The molecule has 2 fully saturated rings. The second kappa shape index (κ2) is 8.57. The highest BCUT2D eigenvalue weighted by Crippen LogP contribution is 2.34. The van der Waals surface area contributed by atoms with Gasteiger partial charge in [0.1, 0.15) is 5.69 Å². The van der Waals surface area contributed by atoms with E-state index < -0.39 is 10.0 Å². The van der Waals surface area contributed by atoms with E-state index in [2.05, 4.69) is 25.6 Å². The van der Waals surface area contributed by atoms with E-state index in [9.17, 15) is 8.42 Å². The molecule has 1 atom stereocenters. The fraction of sp³-hybridized carbons (Fsp3) is 0.455. The molecule has 1 saturated carbocycles. The predicted octanol–water partition coefficient (Wildman–Crippen LogP) is 3.78. The van der Waals surface area contributed by atoms with Gasteiger partial charge in [0.2, 0.25) is 15.8 Å². The summed E-state index contributed by atoms with van der Waals surface area (Å²) in [6, 6.07) is 11.0. The smallest absolute Gasteiger partial charge is 0.274 e. The lowest BCUT2D eigenvalue weighted by Gasteiger charge is -2.13. The molecule has 31 heavy (non-hydrogen) atoms. The Hall–Kier alpha value is -2.49. The summed E-state index contributed by atoms with van der Waals surface area (Å²) in [6.07, 6.45) is 8.70. The van der Waals surface area contributed by atoms with Gasteiger partial charge in [-0.15, -0.1) is 0 Å². The summed E-state index contributed by atoms with van der Waals surface area (Å²) in [5.74, 6) is 0.910. The summed E-state index contributed by atoms with van der Waals surface area (Å²) in [5, 5.41) is 4.11. The van der Waals surface area contributed by atoms with Crippen LogP contribution in [0, 0.1) is 0 Å². The maximum absolute atomic E-state index is 12.5. The van der Waals surface area contributed by atoms with Gasteiger partial charge >= 0.3 is 0 Å². The van der Waals surface area contributed by atoms with E-state index in [-0.39, 0.29) is 11.0 Å². The number of ether oxygens (including phenoxy) is 1. The second-order valence-corrected chi connectivity index (χ2v) is 9.94. The number of nitrogens with one attached hydrogen (secondary N) is 1. The first-order valence-electron chi connectivity index (χ1n) is 10.8. The van der Waals surface area contributed by atoms with Crippen molar-refractivity contribution >= 4 is 10.0 Å². The van der Waals surface area contributed by atoms with Gasteiger partial charge in [0, 0.05) is 31.0 Å². The van der Waals surface area contributed by atoms with E-state index in [0.717, 1.165) is 18.5 Å². The lowest BCUT2D eigenvalue weighted by atomic mass is 10.2. The number of hydrogen-bond acceptors (Lipinski definition) is 6. The average Bonchev–Trinajstić information content (AvgIpc) is 3.57. The largest absolute Gasteiger partial charge is 0.377 e. The Morgan fingerprint density at radius 3 is 2.61 bits per heavy atom. The van der Waals surface area contributed by atoms with Crippen LogP contribution in [0.3, 0.4) is 0 Å². The number of aromatic nitrogens is 3. The molecule has 1 aliphatic heterocycles. The van der Waals surface area contributed by atoms with Gasteiger partial charge in [-0.2, -0.15) is 4.98 Å². The van der Waals surface area contributed by atoms with Crippen LogP contribution in [0.5, 0.6) is 0 Å². The van der Waals surface area contributed by atoms with E-state index in [4.69, 9.17) is 9.26 Å². The number of rotatable bonds is 7. The molecule has 0 amide bonds. The Balaban J connectivity index is 1.31. The molecule has 1 aromatic carbocycles. The number of benzene rings is 1. The molecule has 1 saturated heterocycles. The van der Waals surface area contributed by atoms with Crippen molar-refractivity contribution in [3.05, 3.63) is 42.6 Å². The van der Waals surface area contributed by atoms with Crippen LogP contribution in [0.2, 0.25) is 0 Å². The highest BCUT2D eigenvalue weighted by atomic mass is 32.2. The summed E-state index contributed by atoms with van der Waals surface area (Å²) in [6.45, 7) is 0.984. The molecule has 0 spiro atoms. The molecule has 3 heterocycles. The summed E-state index contributed by atoms with van der Waals surface area (Å²) >= 11 is 0. The van der Waals surface area contributed by atoms with Gasteiger partial charge in [-0.1, -0.05) is 18.0 Å². The number of hydrogen-bond donors (Lipinski definition) is 1. The Morgan fingerprint density at radius 1 is 1.06 bits per heavy atom. The molecule has 3 aromatic rings. The monoisotopic (exact) mass is 442 g/mol. The van der Waals surface area contributed by atoms with Crippen molar-refractivity contribution in [2.45, 2.75) is 55.6 Å². The maximum atomic E-state index is 12.5. The quantitative estimate of drug-likeness (QED) is 0.598. The number of nitrogens with zero attached hydrogens (tertiary/aromatic N) is 3. The summed E-state index contributed by atoms with van der Waals surface area (Å²) < 4.78 is 40.9. The van der Waals surface area contributed by atoms with Gasteiger partial charge < -0.3 is 13.8 Å². The first-order valence-corrected chi connectivity index (χ1v) is 12.3. The molecule has 1 unspecified atom stereocenters. The minimum absolute atomic E-state index is 0.0463. The summed E-state index contributed by atoms with van der Waals surface area (Å²) in [4.78, 5) is 4.76. The highest BCUT2D eigenvalue weighted by Gasteiger charge is 2.23. The van der Waals surface area contributed by atoms with Crippen LogP contribution in [0.25, 0.3) is 23.0 Å². The molecule has 2 aromatic heterocycles. The van der Waals surface area contributed by atoms with Gasteiger partial charge in [0.05, 0.1) is 11.0 Å². The van der Waals surface area contributed by atoms with Crippen molar-refractivity contribution in [3.8, 4) is 23.0 Å². The molecule has 8 nitrogen and oxygen atoms in total. The van der Waals surface area contributed by atoms with Crippen molar-refractivity contribution in [2.24, 2.45) is 0 Å². The third-order valence-electron chi connectivity index (χ3n) is 6.09. The number of sulfonamides is 1. The Labute approximate surface area is 181 Å². The SMILES string of the molecule is O=S(=O)(NCC1CCCO1)c1ccc(-c2noc(-c3cccn3C3CCCC3)n2)cc1. The first kappa shape index (κ1) is 20.4. The van der Waals surface area contributed by atoms with Crippen LogP contribution in [-0.4, -0.2) is 42.4 Å². The molecule has 164 valence electrons. The zero-order valence-electron chi connectivity index (χ0n) is 17.2. The molecule has 0 radical (unpaired) electrons. The Kier molecular flexibility index (Phi) is 5.64. The zero-order valence-corrected chi connectivity index (χ0v) is 18.1. The molecule has 9 heteroatoms. The van der Waals surface area contributed by atoms with Gasteiger partial charge in [-0.05, 0) is 62.1 Å². The Morgan fingerprint density at radius 2 is 1.87 bits per heavy atom. The van der Waals surface area contributed by atoms with Gasteiger partial charge in [0.25, 0.3) is 5.89 Å². The van der Waals surface area contributed by atoms with Crippen LogP contribution in [0.4, 0.5) is 0 Å². The van der Waals surface area contributed by atoms with Crippen molar-refractivity contribution < 1.29 is 17.7 Å². The first-order chi connectivity index (χ1) is 15.1. The molecular weight excluding hydrogens is 416 g/mol. The van der Waals surface area contributed by atoms with Gasteiger partial charge in [-0.3, -0.25) is 0 Å². The van der Waals surface area contributed by atoms with E-state index >= 15 is 0 Å². The summed E-state index contributed by atoms with van der Waals surface area (Å²) in [5.41, 5.74) is 1.62. The molecule has 1 N–H and O–H groups in total. The average molecular weight is 443 g/mol. The lowest BCUT2D eigenvalue weighted by molar-refractivity contribution is 0.114. The van der Waals surface area contributed by atoms with Gasteiger partial charge in [0.15, 0.2) is 0 Å². The van der Waals surface area contributed by atoms with Crippen molar-refractivity contribution in [1.29, 1.82) is 0 Å². The normalized spacial score (nSPS) is 19.9. The van der Waals surface area contributed by atoms with Crippen molar-refractivity contribution in [3.63, 3.8) is 0 Å². The van der Waals surface area contributed by atoms with Crippen molar-refractivity contribution in [2.75, 3.05) is 13.2 Å². The van der Waals surface area contributed by atoms with Gasteiger partial charge in [-0.25, -0.2) is 13.1 Å². The lowest BCUT2D eigenvalue weighted by Crippen LogP contribution is -2.31. The zero-order chi connectivity index (χ0) is 21.3. The molecule has 2 aliphatic rings. The highest BCUT2D eigenvalue weighted by molar-refractivity contribution is 7.89. The molecule has 0 bridgehead atoms. The van der Waals surface area contributed by atoms with E-state index in [1.807, 2.05) is 12.1 Å². The maximum Gasteiger partial charge on any atom is 0.274 e. The van der Waals surface area contributed by atoms with Crippen molar-refractivity contribution in [1.82, 2.24) is 19.4 Å². The Bertz CT molecular complexity index is 1120. The minimum atomic E-state index is -3.59. The fourth-order valence-electron chi connectivity index (χ4n) is 4.40.